The highest BCUT2D eigenvalue weighted by atomic mass is 32.2. The van der Waals surface area contributed by atoms with Gasteiger partial charge in [0.25, 0.3) is 5.91 Å². The minimum atomic E-state index is -0.242. The first kappa shape index (κ1) is 11.8. The highest BCUT2D eigenvalue weighted by Gasteiger charge is 2.41. The SMILES string of the molecule is Cc1ccc([S@@]2=NC(=O)[C@@H]3[C@H]2CC=C[C@@H]3C)cc1. The summed E-state index contributed by atoms with van der Waals surface area (Å²) in [6.07, 6.45) is 5.37. The molecular weight excluding hydrogens is 242 g/mol. The monoisotopic (exact) mass is 259 g/mol. The fourth-order valence-electron chi connectivity index (χ4n) is 2.78. The van der Waals surface area contributed by atoms with Crippen molar-refractivity contribution in [1.82, 2.24) is 0 Å². The van der Waals surface area contributed by atoms with Crippen molar-refractivity contribution < 1.29 is 4.79 Å². The molecule has 0 saturated carbocycles. The molecule has 2 nitrogen and oxygen atoms in total. The van der Waals surface area contributed by atoms with Crippen molar-refractivity contribution in [2.24, 2.45) is 16.2 Å². The summed E-state index contributed by atoms with van der Waals surface area (Å²) in [5.74, 6) is 0.559. The lowest BCUT2D eigenvalue weighted by atomic mass is 9.84. The lowest BCUT2D eigenvalue weighted by Crippen LogP contribution is -2.31. The molecule has 0 fully saturated rings. The normalized spacial score (nSPS) is 34.2. The van der Waals surface area contributed by atoms with Gasteiger partial charge in [-0.05, 0) is 31.4 Å². The third-order valence-corrected chi connectivity index (χ3v) is 5.99. The standard InChI is InChI=1S/C15H17NOS/c1-10-6-8-12(9-7-10)18-13-5-3-4-11(2)14(13)15(17)16-18/h3-4,6-9,11,13-14H,5H2,1-2H3/t11-,13+,14-,18-/m0/s1. The molecule has 1 heterocycles. The molecule has 1 aliphatic heterocycles. The molecule has 0 unspecified atom stereocenters. The molecule has 18 heavy (non-hydrogen) atoms. The van der Waals surface area contributed by atoms with Crippen LogP contribution in [0.3, 0.4) is 0 Å². The molecule has 1 aromatic rings. The van der Waals surface area contributed by atoms with Gasteiger partial charge < -0.3 is 0 Å². The second-order valence-electron chi connectivity index (χ2n) is 5.14. The van der Waals surface area contributed by atoms with Crippen LogP contribution in [0.4, 0.5) is 0 Å². The Morgan fingerprint density at radius 2 is 2.00 bits per heavy atom. The maximum Gasteiger partial charge on any atom is 0.256 e. The molecule has 94 valence electrons. The first-order valence-corrected chi connectivity index (χ1v) is 7.63. The van der Waals surface area contributed by atoms with Gasteiger partial charge in [-0.15, -0.1) is 0 Å². The average Bonchev–Trinajstić information content (AvgIpc) is 2.69. The van der Waals surface area contributed by atoms with E-state index in [9.17, 15) is 4.79 Å². The Morgan fingerprint density at radius 1 is 1.28 bits per heavy atom. The number of aryl methyl sites for hydroxylation is 1. The lowest BCUT2D eigenvalue weighted by Gasteiger charge is -2.26. The number of carbonyl (C=O) groups is 1. The molecular formula is C15H17NOS. The molecule has 2 aliphatic rings. The fourth-order valence-corrected chi connectivity index (χ4v) is 5.03. The molecule has 1 aliphatic carbocycles. The summed E-state index contributed by atoms with van der Waals surface area (Å²) >= 11 is 0. The van der Waals surface area contributed by atoms with Crippen LogP contribution in [0.5, 0.6) is 0 Å². The first-order valence-electron chi connectivity index (χ1n) is 6.39. The molecule has 0 saturated heterocycles. The smallest absolute Gasteiger partial charge is 0.256 e. The number of allylic oxidation sites excluding steroid dienone is 2. The minimum absolute atomic E-state index is 0.111. The van der Waals surface area contributed by atoms with E-state index in [4.69, 9.17) is 0 Å². The number of benzene rings is 1. The molecule has 1 amide bonds. The van der Waals surface area contributed by atoms with Crippen LogP contribution in [-0.4, -0.2) is 11.2 Å². The Labute approximate surface area is 110 Å². The van der Waals surface area contributed by atoms with Crippen LogP contribution in [0.1, 0.15) is 18.9 Å². The highest BCUT2D eigenvalue weighted by molar-refractivity contribution is 7.88. The zero-order chi connectivity index (χ0) is 12.7. The van der Waals surface area contributed by atoms with E-state index in [1.54, 1.807) is 0 Å². The molecule has 0 radical (unpaired) electrons. The van der Waals surface area contributed by atoms with Gasteiger partial charge in [-0.1, -0.05) is 47.5 Å². The minimum Gasteiger partial charge on any atom is -0.272 e. The third-order valence-electron chi connectivity index (χ3n) is 3.80. The van der Waals surface area contributed by atoms with Crippen molar-refractivity contribution in [1.29, 1.82) is 0 Å². The van der Waals surface area contributed by atoms with Crippen LogP contribution in [0, 0.1) is 18.8 Å². The highest BCUT2D eigenvalue weighted by Crippen LogP contribution is 2.37. The summed E-state index contributed by atoms with van der Waals surface area (Å²) in [7, 11) is -0.242. The summed E-state index contributed by atoms with van der Waals surface area (Å²) in [6.45, 7) is 4.21. The Kier molecular flexibility index (Phi) is 2.94. The number of rotatable bonds is 1. The number of fused-ring (bicyclic) bond motifs is 1. The molecule has 1 aromatic carbocycles. The maximum absolute atomic E-state index is 12.1. The molecule has 3 rings (SSSR count). The van der Waals surface area contributed by atoms with E-state index < -0.39 is 0 Å². The predicted molar refractivity (Wildman–Crippen MR) is 74.4 cm³/mol. The second-order valence-corrected chi connectivity index (χ2v) is 7.03. The first-order chi connectivity index (χ1) is 8.66. The van der Waals surface area contributed by atoms with Crippen molar-refractivity contribution in [3.63, 3.8) is 0 Å². The van der Waals surface area contributed by atoms with Gasteiger partial charge in [0.05, 0.1) is 5.92 Å². The number of carbonyl (C=O) groups excluding carboxylic acids is 1. The van der Waals surface area contributed by atoms with E-state index in [-0.39, 0.29) is 22.5 Å². The van der Waals surface area contributed by atoms with Crippen molar-refractivity contribution in [3.8, 4) is 0 Å². The molecule has 0 bridgehead atoms. The van der Waals surface area contributed by atoms with Crippen LogP contribution in [-0.2, 0) is 15.5 Å². The molecule has 0 aromatic heterocycles. The second kappa shape index (κ2) is 4.47. The third kappa shape index (κ3) is 1.87. The van der Waals surface area contributed by atoms with Crippen LogP contribution in [0.15, 0.2) is 45.7 Å². The fraction of sp³-hybridized carbons (Fsp3) is 0.400. The summed E-state index contributed by atoms with van der Waals surface area (Å²) in [4.78, 5) is 13.3. The van der Waals surface area contributed by atoms with E-state index in [0.717, 1.165) is 6.42 Å². The summed E-state index contributed by atoms with van der Waals surface area (Å²) in [5.41, 5.74) is 1.25. The maximum atomic E-state index is 12.1. The summed E-state index contributed by atoms with van der Waals surface area (Å²) < 4.78 is 4.43. The molecule has 3 heteroatoms. The van der Waals surface area contributed by atoms with Gasteiger partial charge in [-0.2, -0.15) is 4.36 Å². The lowest BCUT2D eigenvalue weighted by molar-refractivity contribution is -0.121. The topological polar surface area (TPSA) is 29.4 Å². The Bertz CT molecular complexity index is 544. The summed E-state index contributed by atoms with van der Waals surface area (Å²) in [6, 6.07) is 8.47. The van der Waals surface area contributed by atoms with Crippen molar-refractivity contribution in [2.45, 2.75) is 30.4 Å². The average molecular weight is 259 g/mol. The number of amides is 1. The van der Waals surface area contributed by atoms with E-state index >= 15 is 0 Å². The summed E-state index contributed by atoms with van der Waals surface area (Å²) in [5, 5.41) is 0.389. The zero-order valence-corrected chi connectivity index (χ0v) is 11.5. The van der Waals surface area contributed by atoms with Crippen LogP contribution >= 0.6 is 0 Å². The van der Waals surface area contributed by atoms with Crippen molar-refractivity contribution >= 4 is 16.6 Å². The molecule has 4 atom stereocenters. The number of hydrogen-bond donors (Lipinski definition) is 0. The van der Waals surface area contributed by atoms with Gasteiger partial charge in [0.15, 0.2) is 0 Å². The van der Waals surface area contributed by atoms with Crippen molar-refractivity contribution in [3.05, 3.63) is 42.0 Å². The molecule has 0 N–H and O–H groups in total. The van der Waals surface area contributed by atoms with Gasteiger partial charge in [0, 0.05) is 10.1 Å². The Balaban J connectivity index is 1.98. The van der Waals surface area contributed by atoms with Crippen LogP contribution in [0.25, 0.3) is 0 Å². The van der Waals surface area contributed by atoms with Crippen LogP contribution < -0.4 is 0 Å². The van der Waals surface area contributed by atoms with Gasteiger partial charge in [0.1, 0.15) is 0 Å². The van der Waals surface area contributed by atoms with E-state index in [0.29, 0.717) is 11.2 Å². The number of nitrogens with zero attached hydrogens (tertiary/aromatic N) is 1. The number of hydrogen-bond acceptors (Lipinski definition) is 1. The van der Waals surface area contributed by atoms with Gasteiger partial charge >= 0.3 is 0 Å². The van der Waals surface area contributed by atoms with Gasteiger partial charge in [-0.3, -0.25) is 4.79 Å². The van der Waals surface area contributed by atoms with Gasteiger partial charge in [-0.25, -0.2) is 0 Å². The van der Waals surface area contributed by atoms with E-state index in [2.05, 4.69) is 54.6 Å². The van der Waals surface area contributed by atoms with E-state index in [1.165, 1.54) is 10.5 Å². The largest absolute Gasteiger partial charge is 0.272 e. The Hall–Kier alpha value is -1.22. The van der Waals surface area contributed by atoms with Crippen LogP contribution in [0.2, 0.25) is 0 Å². The predicted octanol–water partition coefficient (Wildman–Crippen LogP) is 3.28. The Morgan fingerprint density at radius 3 is 2.72 bits per heavy atom. The van der Waals surface area contributed by atoms with Gasteiger partial charge in [0.2, 0.25) is 0 Å². The molecule has 0 spiro atoms. The van der Waals surface area contributed by atoms with E-state index in [1.807, 2.05) is 0 Å². The quantitative estimate of drug-likeness (QED) is 0.712. The zero-order valence-electron chi connectivity index (χ0n) is 10.7. The van der Waals surface area contributed by atoms with Crippen molar-refractivity contribution in [2.75, 3.05) is 0 Å².